The monoisotopic (exact) mass is 224 g/mol. The van der Waals surface area contributed by atoms with Crippen LogP contribution >= 0.6 is 23.1 Å². The smallest absolute Gasteiger partial charge is 0.0695 e. The maximum absolute atomic E-state index is 9.21. The molecule has 3 heteroatoms. The van der Waals surface area contributed by atoms with E-state index in [4.69, 9.17) is 0 Å². The molecule has 14 heavy (non-hydrogen) atoms. The van der Waals surface area contributed by atoms with Crippen molar-refractivity contribution in [3.8, 4) is 0 Å². The molecule has 0 aliphatic heterocycles. The SMILES string of the molecule is CSc1ccc(CO)c2sc(C)cc12. The van der Waals surface area contributed by atoms with Crippen LogP contribution in [0.15, 0.2) is 23.1 Å². The molecule has 0 bridgehead atoms. The van der Waals surface area contributed by atoms with Crippen molar-refractivity contribution in [2.45, 2.75) is 18.4 Å². The second-order valence-corrected chi connectivity index (χ2v) is 5.29. The van der Waals surface area contributed by atoms with E-state index < -0.39 is 0 Å². The molecule has 2 aromatic rings. The number of aliphatic hydroxyl groups is 1. The molecule has 0 radical (unpaired) electrons. The van der Waals surface area contributed by atoms with E-state index in [1.165, 1.54) is 19.9 Å². The van der Waals surface area contributed by atoms with E-state index in [9.17, 15) is 5.11 Å². The largest absolute Gasteiger partial charge is 0.392 e. The number of hydrogen-bond acceptors (Lipinski definition) is 3. The summed E-state index contributed by atoms with van der Waals surface area (Å²) in [6, 6.07) is 6.31. The van der Waals surface area contributed by atoms with Gasteiger partial charge in [-0.25, -0.2) is 0 Å². The van der Waals surface area contributed by atoms with Gasteiger partial charge in [0.15, 0.2) is 0 Å². The number of thiophene rings is 1. The predicted molar refractivity (Wildman–Crippen MR) is 64.3 cm³/mol. The number of hydrogen-bond donors (Lipinski definition) is 1. The third kappa shape index (κ3) is 1.56. The van der Waals surface area contributed by atoms with Crippen molar-refractivity contribution in [1.29, 1.82) is 0 Å². The third-order valence-electron chi connectivity index (χ3n) is 2.24. The Kier molecular flexibility index (Phi) is 2.81. The summed E-state index contributed by atoms with van der Waals surface area (Å²) in [5.41, 5.74) is 1.04. The first-order valence-electron chi connectivity index (χ1n) is 4.43. The first-order valence-corrected chi connectivity index (χ1v) is 6.47. The second-order valence-electron chi connectivity index (χ2n) is 3.18. The number of benzene rings is 1. The minimum Gasteiger partial charge on any atom is -0.392 e. The lowest BCUT2D eigenvalue weighted by molar-refractivity contribution is 0.283. The molecule has 0 unspecified atom stereocenters. The minimum absolute atomic E-state index is 0.130. The number of rotatable bonds is 2. The lowest BCUT2D eigenvalue weighted by Gasteiger charge is -2.02. The molecule has 2 rings (SSSR count). The summed E-state index contributed by atoms with van der Waals surface area (Å²) in [6.45, 7) is 2.24. The van der Waals surface area contributed by atoms with Crippen LogP contribution in [0.2, 0.25) is 0 Å². The van der Waals surface area contributed by atoms with Crippen LogP contribution in [0.4, 0.5) is 0 Å². The Morgan fingerprint density at radius 1 is 1.43 bits per heavy atom. The zero-order chi connectivity index (χ0) is 10.1. The van der Waals surface area contributed by atoms with Crippen LogP contribution < -0.4 is 0 Å². The van der Waals surface area contributed by atoms with Crippen molar-refractivity contribution < 1.29 is 5.11 Å². The molecular formula is C11H12OS2. The predicted octanol–water partition coefficient (Wildman–Crippen LogP) is 3.42. The first-order chi connectivity index (χ1) is 6.76. The number of aryl methyl sites for hydroxylation is 1. The summed E-state index contributed by atoms with van der Waals surface area (Å²) in [6.07, 6.45) is 2.08. The van der Waals surface area contributed by atoms with E-state index in [1.807, 2.05) is 6.07 Å². The van der Waals surface area contributed by atoms with Crippen LogP contribution in [0, 0.1) is 6.92 Å². The number of thioether (sulfide) groups is 1. The summed E-state index contributed by atoms with van der Waals surface area (Å²) in [5, 5.41) is 10.5. The Hall–Kier alpha value is -0.510. The fourth-order valence-electron chi connectivity index (χ4n) is 1.58. The number of aliphatic hydroxyl groups excluding tert-OH is 1. The van der Waals surface area contributed by atoms with Crippen LogP contribution in [-0.2, 0) is 6.61 Å². The van der Waals surface area contributed by atoms with E-state index in [0.717, 1.165) is 5.56 Å². The molecule has 0 saturated heterocycles. The fourth-order valence-corrected chi connectivity index (χ4v) is 3.27. The maximum atomic E-state index is 9.21. The lowest BCUT2D eigenvalue weighted by atomic mass is 10.2. The van der Waals surface area contributed by atoms with Crippen LogP contribution in [-0.4, -0.2) is 11.4 Å². The third-order valence-corrected chi connectivity index (χ3v) is 4.16. The van der Waals surface area contributed by atoms with Gasteiger partial charge in [-0.15, -0.1) is 23.1 Å². The van der Waals surface area contributed by atoms with Crippen LogP contribution in [0.25, 0.3) is 10.1 Å². The normalized spacial score (nSPS) is 11.1. The molecule has 1 nitrogen and oxygen atoms in total. The Balaban J connectivity index is 2.77. The molecule has 0 aliphatic rings. The van der Waals surface area contributed by atoms with Gasteiger partial charge in [-0.2, -0.15) is 0 Å². The zero-order valence-corrected chi connectivity index (χ0v) is 9.84. The Labute approximate surface area is 91.8 Å². The van der Waals surface area contributed by atoms with E-state index in [2.05, 4.69) is 25.3 Å². The summed E-state index contributed by atoms with van der Waals surface area (Å²) in [7, 11) is 0. The van der Waals surface area contributed by atoms with E-state index in [-0.39, 0.29) is 6.61 Å². The van der Waals surface area contributed by atoms with E-state index in [0.29, 0.717) is 0 Å². The number of fused-ring (bicyclic) bond motifs is 1. The van der Waals surface area contributed by atoms with Gasteiger partial charge in [-0.3, -0.25) is 0 Å². The van der Waals surface area contributed by atoms with Gasteiger partial charge >= 0.3 is 0 Å². The van der Waals surface area contributed by atoms with Crippen molar-refractivity contribution >= 4 is 33.2 Å². The Morgan fingerprint density at radius 3 is 2.86 bits per heavy atom. The highest BCUT2D eigenvalue weighted by molar-refractivity contribution is 7.98. The summed E-state index contributed by atoms with van der Waals surface area (Å²) >= 11 is 3.52. The van der Waals surface area contributed by atoms with Crippen LogP contribution in [0.5, 0.6) is 0 Å². The first kappa shape index (κ1) is 10.0. The van der Waals surface area contributed by atoms with Crippen molar-refractivity contribution in [1.82, 2.24) is 0 Å². The average Bonchev–Trinajstić information content (AvgIpc) is 2.57. The standard InChI is InChI=1S/C11H12OS2/c1-7-5-9-10(13-2)4-3-8(6-12)11(9)14-7/h3-5,12H,6H2,1-2H3. The van der Waals surface area contributed by atoms with E-state index in [1.54, 1.807) is 23.1 Å². The molecule has 1 heterocycles. The molecule has 0 amide bonds. The lowest BCUT2D eigenvalue weighted by Crippen LogP contribution is -1.83. The van der Waals surface area contributed by atoms with E-state index >= 15 is 0 Å². The van der Waals surface area contributed by atoms with Crippen molar-refractivity contribution in [3.63, 3.8) is 0 Å². The van der Waals surface area contributed by atoms with Gasteiger partial charge in [0.2, 0.25) is 0 Å². The highest BCUT2D eigenvalue weighted by atomic mass is 32.2. The molecule has 0 fully saturated rings. The van der Waals surface area contributed by atoms with Crippen molar-refractivity contribution in [3.05, 3.63) is 28.6 Å². The van der Waals surface area contributed by atoms with Gasteiger partial charge < -0.3 is 5.11 Å². The van der Waals surface area contributed by atoms with Crippen LogP contribution in [0.1, 0.15) is 10.4 Å². The van der Waals surface area contributed by atoms with Gasteiger partial charge in [0.05, 0.1) is 6.61 Å². The van der Waals surface area contributed by atoms with Gasteiger partial charge in [0.1, 0.15) is 0 Å². The molecule has 74 valence electrons. The van der Waals surface area contributed by atoms with Gasteiger partial charge in [0, 0.05) is 19.9 Å². The molecule has 0 saturated carbocycles. The molecule has 1 N–H and O–H groups in total. The summed E-state index contributed by atoms with van der Waals surface area (Å²) in [4.78, 5) is 2.60. The molecular weight excluding hydrogens is 212 g/mol. The van der Waals surface area contributed by atoms with Crippen molar-refractivity contribution in [2.75, 3.05) is 6.26 Å². The molecule has 0 aliphatic carbocycles. The topological polar surface area (TPSA) is 20.2 Å². The fraction of sp³-hybridized carbons (Fsp3) is 0.273. The summed E-state index contributed by atoms with van der Waals surface area (Å²) < 4.78 is 1.23. The highest BCUT2D eigenvalue weighted by Gasteiger charge is 2.07. The van der Waals surface area contributed by atoms with Gasteiger partial charge in [0.25, 0.3) is 0 Å². The van der Waals surface area contributed by atoms with Gasteiger partial charge in [-0.1, -0.05) is 6.07 Å². The zero-order valence-electron chi connectivity index (χ0n) is 8.20. The second kappa shape index (κ2) is 3.93. The Bertz CT molecular complexity index is 419. The Morgan fingerprint density at radius 2 is 2.21 bits per heavy atom. The maximum Gasteiger partial charge on any atom is 0.0695 e. The molecule has 1 aromatic carbocycles. The van der Waals surface area contributed by atoms with Crippen molar-refractivity contribution in [2.24, 2.45) is 0 Å². The minimum atomic E-state index is 0.130. The van der Waals surface area contributed by atoms with Gasteiger partial charge in [-0.05, 0) is 30.9 Å². The van der Waals surface area contributed by atoms with Crippen LogP contribution in [0.3, 0.4) is 0 Å². The molecule has 0 spiro atoms. The molecule has 1 aromatic heterocycles. The summed E-state index contributed by atoms with van der Waals surface area (Å²) in [5.74, 6) is 0. The quantitative estimate of drug-likeness (QED) is 0.789. The average molecular weight is 224 g/mol. The molecule has 0 atom stereocenters. The highest BCUT2D eigenvalue weighted by Crippen LogP contribution is 2.34.